The number of fused-ring (bicyclic) bond motifs is 1. The Morgan fingerprint density at radius 3 is 2.85 bits per heavy atom. The molecule has 0 spiro atoms. The Hall–Kier alpha value is -0.900. The minimum Gasteiger partial charge on any atom is -0.384 e. The molecule has 2 unspecified atom stereocenters. The van der Waals surface area contributed by atoms with Crippen molar-refractivity contribution < 1.29 is 10.2 Å². The fourth-order valence-corrected chi connectivity index (χ4v) is 1.77. The molecule has 3 heteroatoms. The lowest BCUT2D eigenvalue weighted by Gasteiger charge is -2.34. The van der Waals surface area contributed by atoms with Crippen molar-refractivity contribution in [2.24, 2.45) is 5.73 Å². The molecule has 4 N–H and O–H groups in total. The SMILES string of the molecule is NC1(O)CCc2ccccc2C1O. The molecule has 0 saturated carbocycles. The van der Waals surface area contributed by atoms with Gasteiger partial charge < -0.3 is 15.9 Å². The minimum absolute atomic E-state index is 0.408. The van der Waals surface area contributed by atoms with Gasteiger partial charge in [0.2, 0.25) is 0 Å². The first-order valence-electron chi connectivity index (χ1n) is 4.38. The van der Waals surface area contributed by atoms with Gasteiger partial charge in [0.05, 0.1) is 0 Å². The fraction of sp³-hybridized carbons (Fsp3) is 0.400. The van der Waals surface area contributed by atoms with Crippen molar-refractivity contribution in [3.8, 4) is 0 Å². The third kappa shape index (κ3) is 1.35. The molecule has 0 radical (unpaired) electrons. The Bertz CT molecular complexity index is 322. The Morgan fingerprint density at radius 2 is 2.08 bits per heavy atom. The Morgan fingerprint density at radius 1 is 1.38 bits per heavy atom. The van der Waals surface area contributed by atoms with E-state index in [9.17, 15) is 10.2 Å². The highest BCUT2D eigenvalue weighted by atomic mass is 16.4. The summed E-state index contributed by atoms with van der Waals surface area (Å²) in [6.45, 7) is 0. The summed E-state index contributed by atoms with van der Waals surface area (Å²) in [5.41, 5.74) is 5.90. The van der Waals surface area contributed by atoms with E-state index in [-0.39, 0.29) is 0 Å². The van der Waals surface area contributed by atoms with Crippen LogP contribution in [0.5, 0.6) is 0 Å². The van der Waals surface area contributed by atoms with Crippen LogP contribution in [0.15, 0.2) is 24.3 Å². The molecule has 2 rings (SSSR count). The molecule has 0 saturated heterocycles. The highest BCUT2D eigenvalue weighted by Gasteiger charge is 2.36. The molecule has 13 heavy (non-hydrogen) atoms. The van der Waals surface area contributed by atoms with E-state index < -0.39 is 11.8 Å². The fourth-order valence-electron chi connectivity index (χ4n) is 1.77. The molecule has 0 heterocycles. The van der Waals surface area contributed by atoms with Crippen LogP contribution in [0.25, 0.3) is 0 Å². The predicted molar refractivity (Wildman–Crippen MR) is 48.9 cm³/mol. The summed E-state index contributed by atoms with van der Waals surface area (Å²) in [7, 11) is 0. The Balaban J connectivity index is 2.45. The maximum atomic E-state index is 9.71. The average Bonchev–Trinajstić information content (AvgIpc) is 2.13. The zero-order chi connectivity index (χ0) is 9.47. The van der Waals surface area contributed by atoms with Gasteiger partial charge in [0.1, 0.15) is 11.8 Å². The number of rotatable bonds is 0. The molecule has 0 aromatic heterocycles. The third-order valence-electron chi connectivity index (χ3n) is 2.62. The molecule has 1 aliphatic carbocycles. The van der Waals surface area contributed by atoms with E-state index in [0.29, 0.717) is 6.42 Å². The number of aryl methyl sites for hydroxylation is 1. The van der Waals surface area contributed by atoms with E-state index >= 15 is 0 Å². The lowest BCUT2D eigenvalue weighted by Crippen LogP contribution is -2.48. The standard InChI is InChI=1S/C10H13NO2/c11-10(13)6-5-7-3-1-2-4-8(7)9(10)12/h1-4,9,12-13H,5-6,11H2. The lowest BCUT2D eigenvalue weighted by molar-refractivity contribution is -0.0845. The number of aliphatic hydroxyl groups excluding tert-OH is 1. The van der Waals surface area contributed by atoms with Gasteiger partial charge in [0.25, 0.3) is 0 Å². The number of aliphatic hydroxyl groups is 2. The maximum Gasteiger partial charge on any atom is 0.144 e. The molecule has 1 aromatic carbocycles. The van der Waals surface area contributed by atoms with E-state index in [1.165, 1.54) is 0 Å². The second kappa shape index (κ2) is 2.80. The second-order valence-corrected chi connectivity index (χ2v) is 3.59. The molecule has 2 atom stereocenters. The normalized spacial score (nSPS) is 32.7. The van der Waals surface area contributed by atoms with Gasteiger partial charge in [-0.25, -0.2) is 0 Å². The first-order valence-corrected chi connectivity index (χ1v) is 4.38. The van der Waals surface area contributed by atoms with Crippen LogP contribution in [0.4, 0.5) is 0 Å². The van der Waals surface area contributed by atoms with Gasteiger partial charge in [-0.15, -0.1) is 0 Å². The van der Waals surface area contributed by atoms with Crippen molar-refractivity contribution in [1.29, 1.82) is 0 Å². The summed E-state index contributed by atoms with van der Waals surface area (Å²) in [5, 5.41) is 19.3. The van der Waals surface area contributed by atoms with Crippen molar-refractivity contribution in [3.63, 3.8) is 0 Å². The second-order valence-electron chi connectivity index (χ2n) is 3.59. The third-order valence-corrected chi connectivity index (χ3v) is 2.62. The Labute approximate surface area is 76.8 Å². The quantitative estimate of drug-likeness (QED) is 0.502. The van der Waals surface area contributed by atoms with Crippen LogP contribution in [0.1, 0.15) is 23.7 Å². The van der Waals surface area contributed by atoms with E-state index in [0.717, 1.165) is 17.5 Å². The molecule has 1 aliphatic rings. The van der Waals surface area contributed by atoms with E-state index in [1.54, 1.807) is 6.07 Å². The first kappa shape index (κ1) is 8.69. The summed E-state index contributed by atoms with van der Waals surface area (Å²) in [4.78, 5) is 0. The van der Waals surface area contributed by atoms with Crippen LogP contribution >= 0.6 is 0 Å². The lowest BCUT2D eigenvalue weighted by atomic mass is 9.84. The summed E-state index contributed by atoms with van der Waals surface area (Å²) >= 11 is 0. The molecule has 70 valence electrons. The molecule has 0 aliphatic heterocycles. The van der Waals surface area contributed by atoms with Crippen LogP contribution in [-0.4, -0.2) is 15.9 Å². The van der Waals surface area contributed by atoms with Gasteiger partial charge in [-0.3, -0.25) is 0 Å². The molecule has 0 amide bonds. The van der Waals surface area contributed by atoms with Crippen LogP contribution in [-0.2, 0) is 6.42 Å². The Kier molecular flexibility index (Phi) is 1.87. The smallest absolute Gasteiger partial charge is 0.144 e. The van der Waals surface area contributed by atoms with Crippen molar-refractivity contribution in [3.05, 3.63) is 35.4 Å². The van der Waals surface area contributed by atoms with E-state index in [1.807, 2.05) is 18.2 Å². The van der Waals surface area contributed by atoms with Crippen LogP contribution in [0, 0.1) is 0 Å². The van der Waals surface area contributed by atoms with Gasteiger partial charge in [0, 0.05) is 0 Å². The minimum atomic E-state index is -1.46. The molecular formula is C10H13NO2. The summed E-state index contributed by atoms with van der Waals surface area (Å²) in [5.74, 6) is 0. The van der Waals surface area contributed by atoms with Crippen molar-refractivity contribution in [1.82, 2.24) is 0 Å². The average molecular weight is 179 g/mol. The number of benzene rings is 1. The van der Waals surface area contributed by atoms with Crippen LogP contribution < -0.4 is 5.73 Å². The number of nitrogens with two attached hydrogens (primary N) is 1. The van der Waals surface area contributed by atoms with Crippen molar-refractivity contribution in [2.75, 3.05) is 0 Å². The van der Waals surface area contributed by atoms with E-state index in [4.69, 9.17) is 5.73 Å². The highest BCUT2D eigenvalue weighted by molar-refractivity contribution is 5.33. The predicted octanol–water partition coefficient (Wildman–Crippen LogP) is 0.314. The maximum absolute atomic E-state index is 9.71. The molecule has 1 aromatic rings. The zero-order valence-corrected chi connectivity index (χ0v) is 7.27. The van der Waals surface area contributed by atoms with Crippen molar-refractivity contribution in [2.45, 2.75) is 24.7 Å². The monoisotopic (exact) mass is 179 g/mol. The van der Waals surface area contributed by atoms with Crippen LogP contribution in [0.3, 0.4) is 0 Å². The van der Waals surface area contributed by atoms with Crippen LogP contribution in [0.2, 0.25) is 0 Å². The van der Waals surface area contributed by atoms with Gasteiger partial charge in [-0.05, 0) is 24.0 Å². The number of hydrogen-bond donors (Lipinski definition) is 3. The number of hydrogen-bond acceptors (Lipinski definition) is 3. The van der Waals surface area contributed by atoms with Crippen molar-refractivity contribution >= 4 is 0 Å². The van der Waals surface area contributed by atoms with Gasteiger partial charge >= 0.3 is 0 Å². The zero-order valence-electron chi connectivity index (χ0n) is 7.27. The first-order chi connectivity index (χ1) is 6.11. The summed E-state index contributed by atoms with van der Waals surface area (Å²) < 4.78 is 0. The molecule has 0 bridgehead atoms. The van der Waals surface area contributed by atoms with Gasteiger partial charge in [0.15, 0.2) is 0 Å². The molecule has 0 fully saturated rings. The highest BCUT2D eigenvalue weighted by Crippen LogP contribution is 2.33. The summed E-state index contributed by atoms with van der Waals surface area (Å²) in [6.07, 6.45) is 0.170. The summed E-state index contributed by atoms with van der Waals surface area (Å²) in [6, 6.07) is 7.51. The topological polar surface area (TPSA) is 66.5 Å². The molecular weight excluding hydrogens is 166 g/mol. The van der Waals surface area contributed by atoms with E-state index in [2.05, 4.69) is 0 Å². The largest absolute Gasteiger partial charge is 0.384 e. The molecule has 3 nitrogen and oxygen atoms in total. The van der Waals surface area contributed by atoms with Gasteiger partial charge in [-0.2, -0.15) is 0 Å². The van der Waals surface area contributed by atoms with Gasteiger partial charge in [-0.1, -0.05) is 24.3 Å².